The molecular weight excluding hydrogens is 310 g/mol. The van der Waals surface area contributed by atoms with Crippen molar-refractivity contribution in [3.05, 3.63) is 53.1 Å². The third kappa shape index (κ3) is 2.46. The number of imide groups is 1. The summed E-state index contributed by atoms with van der Waals surface area (Å²) in [7, 11) is 4.52. The predicted octanol–water partition coefficient (Wildman–Crippen LogP) is 2.51. The van der Waals surface area contributed by atoms with E-state index < -0.39 is 0 Å². The highest BCUT2D eigenvalue weighted by Crippen LogP contribution is 2.38. The van der Waals surface area contributed by atoms with Crippen molar-refractivity contribution in [3.63, 3.8) is 0 Å². The Hall–Kier alpha value is -3.02. The standard InChI is InChI=1S/C18H17NO5/c1-22-12-6-4-11(5-7-12)10-19-17(20)13-8-9-14(23-2)16(24-3)15(13)18(19)21/h4-9H,10H2,1-3H3. The van der Waals surface area contributed by atoms with E-state index in [4.69, 9.17) is 14.2 Å². The summed E-state index contributed by atoms with van der Waals surface area (Å²) in [5.74, 6) is 0.690. The van der Waals surface area contributed by atoms with Gasteiger partial charge in [-0.2, -0.15) is 0 Å². The van der Waals surface area contributed by atoms with Crippen molar-refractivity contribution in [2.75, 3.05) is 21.3 Å². The number of hydrogen-bond acceptors (Lipinski definition) is 5. The molecule has 0 saturated heterocycles. The molecule has 0 spiro atoms. The molecule has 2 aromatic rings. The van der Waals surface area contributed by atoms with Gasteiger partial charge in [0.15, 0.2) is 11.5 Å². The van der Waals surface area contributed by atoms with Gasteiger partial charge in [0.25, 0.3) is 11.8 Å². The Kier molecular flexibility index (Phi) is 4.12. The van der Waals surface area contributed by atoms with Gasteiger partial charge in [0, 0.05) is 0 Å². The second kappa shape index (κ2) is 6.23. The highest BCUT2D eigenvalue weighted by molar-refractivity contribution is 6.22. The first-order chi connectivity index (χ1) is 11.6. The molecule has 124 valence electrons. The summed E-state index contributed by atoms with van der Waals surface area (Å²) in [6.45, 7) is 0.182. The molecule has 6 nitrogen and oxygen atoms in total. The number of amides is 2. The fourth-order valence-corrected chi connectivity index (χ4v) is 2.75. The van der Waals surface area contributed by atoms with Crippen molar-refractivity contribution in [1.82, 2.24) is 4.90 Å². The fourth-order valence-electron chi connectivity index (χ4n) is 2.75. The van der Waals surface area contributed by atoms with E-state index >= 15 is 0 Å². The topological polar surface area (TPSA) is 65.1 Å². The van der Waals surface area contributed by atoms with Crippen LogP contribution in [0, 0.1) is 0 Å². The molecule has 0 bridgehead atoms. The van der Waals surface area contributed by atoms with Crippen LogP contribution in [0.5, 0.6) is 17.2 Å². The molecule has 24 heavy (non-hydrogen) atoms. The number of hydrogen-bond donors (Lipinski definition) is 0. The van der Waals surface area contributed by atoms with Crippen molar-refractivity contribution in [3.8, 4) is 17.2 Å². The molecule has 1 aliphatic heterocycles. The Labute approximate surface area is 139 Å². The highest BCUT2D eigenvalue weighted by atomic mass is 16.5. The lowest BCUT2D eigenvalue weighted by molar-refractivity contribution is 0.0641. The molecule has 0 aromatic heterocycles. The van der Waals surface area contributed by atoms with Crippen molar-refractivity contribution >= 4 is 11.8 Å². The molecule has 1 aliphatic rings. The van der Waals surface area contributed by atoms with Gasteiger partial charge in [0.05, 0.1) is 39.0 Å². The largest absolute Gasteiger partial charge is 0.497 e. The van der Waals surface area contributed by atoms with Gasteiger partial charge in [0.2, 0.25) is 0 Å². The predicted molar refractivity (Wildman–Crippen MR) is 86.7 cm³/mol. The third-order valence-electron chi connectivity index (χ3n) is 3.98. The van der Waals surface area contributed by atoms with Crippen molar-refractivity contribution < 1.29 is 23.8 Å². The molecule has 0 fully saturated rings. The second-order valence-electron chi connectivity index (χ2n) is 5.27. The summed E-state index contributed by atoms with van der Waals surface area (Å²) in [6, 6.07) is 10.4. The Morgan fingerprint density at radius 3 is 2.12 bits per heavy atom. The maximum atomic E-state index is 12.7. The summed E-state index contributed by atoms with van der Waals surface area (Å²) in [5.41, 5.74) is 1.40. The Morgan fingerprint density at radius 2 is 1.54 bits per heavy atom. The van der Waals surface area contributed by atoms with E-state index in [0.29, 0.717) is 17.1 Å². The molecule has 2 aromatic carbocycles. The van der Waals surface area contributed by atoms with Crippen LogP contribution in [0.25, 0.3) is 0 Å². The number of benzene rings is 2. The lowest BCUT2D eigenvalue weighted by atomic mass is 10.1. The van der Waals surface area contributed by atoms with Crippen LogP contribution in [0.2, 0.25) is 0 Å². The van der Waals surface area contributed by atoms with Gasteiger partial charge in [-0.1, -0.05) is 12.1 Å². The van der Waals surface area contributed by atoms with Gasteiger partial charge in [-0.05, 0) is 29.8 Å². The molecule has 1 heterocycles. The van der Waals surface area contributed by atoms with Crippen LogP contribution in [-0.4, -0.2) is 38.0 Å². The lowest BCUT2D eigenvalue weighted by Gasteiger charge is -2.14. The smallest absolute Gasteiger partial charge is 0.265 e. The zero-order valence-corrected chi connectivity index (χ0v) is 13.7. The molecule has 0 saturated carbocycles. The van der Waals surface area contributed by atoms with Gasteiger partial charge in [-0.25, -0.2) is 0 Å². The van der Waals surface area contributed by atoms with Crippen LogP contribution in [0.4, 0.5) is 0 Å². The zero-order valence-electron chi connectivity index (χ0n) is 13.7. The summed E-state index contributed by atoms with van der Waals surface area (Å²) < 4.78 is 15.6. The SMILES string of the molecule is COc1ccc(CN2C(=O)c3ccc(OC)c(OC)c3C2=O)cc1. The summed E-state index contributed by atoms with van der Waals surface area (Å²) in [6.07, 6.45) is 0. The normalized spacial score (nSPS) is 13.0. The molecule has 0 atom stereocenters. The Morgan fingerprint density at radius 1 is 0.833 bits per heavy atom. The number of carbonyl (C=O) groups is 2. The summed E-state index contributed by atoms with van der Waals surface area (Å²) in [4.78, 5) is 26.5. The molecule has 0 radical (unpaired) electrons. The van der Waals surface area contributed by atoms with E-state index in [1.807, 2.05) is 12.1 Å². The Bertz CT molecular complexity index is 798. The van der Waals surface area contributed by atoms with Crippen LogP contribution in [0.3, 0.4) is 0 Å². The molecule has 0 N–H and O–H groups in total. The molecular formula is C18H17NO5. The number of methoxy groups -OCH3 is 3. The molecule has 3 rings (SSSR count). The average Bonchev–Trinajstić information content (AvgIpc) is 2.86. The molecule has 0 aliphatic carbocycles. The minimum Gasteiger partial charge on any atom is -0.497 e. The zero-order chi connectivity index (χ0) is 17.3. The van der Waals surface area contributed by atoms with E-state index in [9.17, 15) is 9.59 Å². The van der Waals surface area contributed by atoms with Crippen molar-refractivity contribution in [1.29, 1.82) is 0 Å². The van der Waals surface area contributed by atoms with Gasteiger partial charge >= 0.3 is 0 Å². The maximum absolute atomic E-state index is 12.7. The van der Waals surface area contributed by atoms with Crippen molar-refractivity contribution in [2.24, 2.45) is 0 Å². The summed E-state index contributed by atoms with van der Waals surface area (Å²) >= 11 is 0. The number of carbonyl (C=O) groups excluding carboxylic acids is 2. The number of nitrogens with zero attached hydrogens (tertiary/aromatic N) is 1. The monoisotopic (exact) mass is 327 g/mol. The fraction of sp³-hybridized carbons (Fsp3) is 0.222. The van der Waals surface area contributed by atoms with Gasteiger partial charge < -0.3 is 14.2 Å². The van der Waals surface area contributed by atoms with E-state index in [1.165, 1.54) is 19.1 Å². The van der Waals surface area contributed by atoms with Crippen LogP contribution < -0.4 is 14.2 Å². The average molecular weight is 327 g/mol. The third-order valence-corrected chi connectivity index (χ3v) is 3.98. The first-order valence-electron chi connectivity index (χ1n) is 7.34. The first-order valence-corrected chi connectivity index (χ1v) is 7.34. The highest BCUT2D eigenvalue weighted by Gasteiger charge is 2.39. The minimum absolute atomic E-state index is 0.182. The van der Waals surface area contributed by atoms with Gasteiger partial charge in [-0.15, -0.1) is 0 Å². The Balaban J connectivity index is 1.94. The number of fused-ring (bicyclic) bond motifs is 1. The van der Waals surface area contributed by atoms with Crippen LogP contribution in [0.15, 0.2) is 36.4 Å². The van der Waals surface area contributed by atoms with Crippen molar-refractivity contribution in [2.45, 2.75) is 6.54 Å². The van der Waals surface area contributed by atoms with Gasteiger partial charge in [-0.3, -0.25) is 14.5 Å². The maximum Gasteiger partial charge on any atom is 0.265 e. The summed E-state index contributed by atoms with van der Waals surface area (Å²) in [5, 5.41) is 0. The van der Waals surface area contributed by atoms with E-state index in [1.54, 1.807) is 31.4 Å². The minimum atomic E-state index is -0.387. The quantitative estimate of drug-likeness (QED) is 0.790. The molecule has 6 heteroatoms. The first kappa shape index (κ1) is 15.9. The molecule has 2 amide bonds. The van der Waals surface area contributed by atoms with Crippen LogP contribution in [-0.2, 0) is 6.54 Å². The van der Waals surface area contributed by atoms with E-state index in [-0.39, 0.29) is 29.7 Å². The number of ether oxygens (including phenoxy) is 3. The van der Waals surface area contributed by atoms with Crippen LogP contribution in [0.1, 0.15) is 26.3 Å². The van der Waals surface area contributed by atoms with E-state index in [0.717, 1.165) is 5.56 Å². The lowest BCUT2D eigenvalue weighted by Crippen LogP contribution is -2.29. The van der Waals surface area contributed by atoms with Crippen LogP contribution >= 0.6 is 0 Å². The number of rotatable bonds is 5. The van der Waals surface area contributed by atoms with E-state index in [2.05, 4.69) is 0 Å². The molecule has 0 unspecified atom stereocenters. The second-order valence-corrected chi connectivity index (χ2v) is 5.27. The van der Waals surface area contributed by atoms with Gasteiger partial charge in [0.1, 0.15) is 5.75 Å².